The molecule has 4 nitrogen and oxygen atoms in total. The second-order valence-corrected chi connectivity index (χ2v) is 8.08. The normalized spacial score (nSPS) is 19.3. The van der Waals surface area contributed by atoms with Crippen molar-refractivity contribution in [3.63, 3.8) is 0 Å². The van der Waals surface area contributed by atoms with Crippen LogP contribution in [0.5, 0.6) is 0 Å². The van der Waals surface area contributed by atoms with Gasteiger partial charge in [0.15, 0.2) is 0 Å². The Labute approximate surface area is 117 Å². The molecule has 2 rings (SSSR count). The highest BCUT2D eigenvalue weighted by atomic mass is 35.5. The Balaban J connectivity index is 2.24. The molecule has 102 valence electrons. The van der Waals surface area contributed by atoms with E-state index < -0.39 is 10.0 Å². The van der Waals surface area contributed by atoms with Gasteiger partial charge < -0.3 is 4.90 Å². The first-order valence-corrected chi connectivity index (χ1v) is 8.58. The third kappa shape index (κ3) is 2.72. The second kappa shape index (κ2) is 5.46. The molecule has 0 bridgehead atoms. The highest BCUT2D eigenvalue weighted by molar-refractivity contribution is 7.91. The van der Waals surface area contributed by atoms with Gasteiger partial charge in [-0.15, -0.1) is 22.9 Å². The number of rotatable bonds is 3. The Morgan fingerprint density at radius 2 is 1.94 bits per heavy atom. The molecule has 18 heavy (non-hydrogen) atoms. The van der Waals surface area contributed by atoms with Gasteiger partial charge in [-0.1, -0.05) is 0 Å². The van der Waals surface area contributed by atoms with E-state index in [0.717, 1.165) is 23.5 Å². The number of halogens is 1. The maximum absolute atomic E-state index is 12.5. The minimum Gasteiger partial charge on any atom is -0.304 e. The molecule has 0 aliphatic carbocycles. The molecule has 0 unspecified atom stereocenters. The maximum atomic E-state index is 12.5. The summed E-state index contributed by atoms with van der Waals surface area (Å²) in [7, 11) is -1.33. The van der Waals surface area contributed by atoms with Crippen molar-refractivity contribution in [2.24, 2.45) is 0 Å². The molecule has 2 heterocycles. The number of piperazine rings is 1. The van der Waals surface area contributed by atoms with Crippen LogP contribution in [0.4, 0.5) is 0 Å². The lowest BCUT2D eigenvalue weighted by atomic mass is 10.3. The van der Waals surface area contributed by atoms with Crippen LogP contribution >= 0.6 is 22.9 Å². The molecule has 1 aromatic heterocycles. The fraction of sp³-hybridized carbons (Fsp3) is 0.636. The quantitative estimate of drug-likeness (QED) is 0.799. The summed E-state index contributed by atoms with van der Waals surface area (Å²) in [6.45, 7) is 4.59. The summed E-state index contributed by atoms with van der Waals surface area (Å²) in [6, 6.07) is 1.73. The van der Waals surface area contributed by atoms with Gasteiger partial charge in [-0.3, -0.25) is 0 Å². The number of aryl methyl sites for hydroxylation is 1. The number of alkyl halides is 1. The molecule has 0 saturated carbocycles. The molecule has 0 N–H and O–H groups in total. The van der Waals surface area contributed by atoms with Crippen LogP contribution in [0.3, 0.4) is 0 Å². The highest BCUT2D eigenvalue weighted by Crippen LogP contribution is 2.29. The van der Waals surface area contributed by atoms with Crippen LogP contribution < -0.4 is 0 Å². The van der Waals surface area contributed by atoms with Gasteiger partial charge in [0.2, 0.25) is 0 Å². The van der Waals surface area contributed by atoms with Crippen molar-refractivity contribution in [1.29, 1.82) is 0 Å². The number of nitrogens with zero attached hydrogens (tertiary/aromatic N) is 2. The minimum absolute atomic E-state index is 0.370. The second-order valence-electron chi connectivity index (χ2n) is 4.51. The fourth-order valence-corrected chi connectivity index (χ4v) is 5.30. The minimum atomic E-state index is -3.33. The largest absolute Gasteiger partial charge is 0.304 e. The van der Waals surface area contributed by atoms with E-state index in [0.29, 0.717) is 23.2 Å². The van der Waals surface area contributed by atoms with E-state index in [9.17, 15) is 8.42 Å². The average molecular weight is 309 g/mol. The van der Waals surface area contributed by atoms with Crippen molar-refractivity contribution in [3.05, 3.63) is 16.5 Å². The van der Waals surface area contributed by atoms with Crippen molar-refractivity contribution in [1.82, 2.24) is 9.21 Å². The molecule has 1 aromatic rings. The summed E-state index contributed by atoms with van der Waals surface area (Å²) in [4.78, 5) is 3.07. The van der Waals surface area contributed by atoms with Crippen molar-refractivity contribution in [3.8, 4) is 0 Å². The smallest absolute Gasteiger partial charge is 0.252 e. The Morgan fingerprint density at radius 1 is 1.33 bits per heavy atom. The highest BCUT2D eigenvalue weighted by Gasteiger charge is 2.29. The molecule has 1 aliphatic heterocycles. The third-order valence-electron chi connectivity index (χ3n) is 3.18. The van der Waals surface area contributed by atoms with Gasteiger partial charge >= 0.3 is 0 Å². The molecule has 0 radical (unpaired) electrons. The summed E-state index contributed by atoms with van der Waals surface area (Å²) >= 11 is 7.08. The van der Waals surface area contributed by atoms with Gasteiger partial charge in [0.05, 0.1) is 5.88 Å². The monoisotopic (exact) mass is 308 g/mol. The van der Waals surface area contributed by atoms with E-state index >= 15 is 0 Å². The molecule has 1 saturated heterocycles. The van der Waals surface area contributed by atoms with Crippen LogP contribution in [-0.2, 0) is 15.9 Å². The lowest BCUT2D eigenvalue weighted by Gasteiger charge is -2.31. The van der Waals surface area contributed by atoms with E-state index in [1.165, 1.54) is 11.3 Å². The van der Waals surface area contributed by atoms with Crippen molar-refractivity contribution in [2.45, 2.75) is 17.0 Å². The Bertz CT molecular complexity index is 519. The zero-order valence-corrected chi connectivity index (χ0v) is 12.9. The maximum Gasteiger partial charge on any atom is 0.252 e. The molecular weight excluding hydrogens is 292 g/mol. The number of hydrogen-bond acceptors (Lipinski definition) is 4. The third-order valence-corrected chi connectivity index (χ3v) is 7.19. The Hall–Kier alpha value is -0.140. The molecule has 0 spiro atoms. The Morgan fingerprint density at radius 3 is 2.44 bits per heavy atom. The van der Waals surface area contributed by atoms with E-state index in [4.69, 9.17) is 11.6 Å². The van der Waals surface area contributed by atoms with E-state index in [2.05, 4.69) is 4.90 Å². The number of thiophene rings is 1. The molecule has 0 atom stereocenters. The topological polar surface area (TPSA) is 40.6 Å². The first-order valence-electron chi connectivity index (χ1n) is 5.79. The van der Waals surface area contributed by atoms with Crippen molar-refractivity contribution >= 4 is 33.0 Å². The average Bonchev–Trinajstić information content (AvgIpc) is 2.72. The van der Waals surface area contributed by atoms with Crippen LogP contribution in [0.2, 0.25) is 0 Å². The van der Waals surface area contributed by atoms with Gasteiger partial charge in [0.25, 0.3) is 10.0 Å². The van der Waals surface area contributed by atoms with Crippen LogP contribution in [0.15, 0.2) is 10.3 Å². The van der Waals surface area contributed by atoms with Crippen LogP contribution in [0, 0.1) is 6.92 Å². The van der Waals surface area contributed by atoms with Gasteiger partial charge in [0, 0.05) is 31.1 Å². The van der Waals surface area contributed by atoms with Crippen LogP contribution in [-0.4, -0.2) is 50.8 Å². The summed E-state index contributed by atoms with van der Waals surface area (Å²) in [6.07, 6.45) is 0. The summed E-state index contributed by atoms with van der Waals surface area (Å²) in [5.41, 5.74) is 0.961. The molecule has 1 fully saturated rings. The molecular formula is C11H17ClN2O2S2. The summed E-state index contributed by atoms with van der Waals surface area (Å²) in [5.74, 6) is 0.370. The molecule has 7 heteroatoms. The number of hydrogen-bond donors (Lipinski definition) is 0. The fourth-order valence-electron chi connectivity index (χ4n) is 1.90. The molecule has 1 aliphatic rings. The summed E-state index contributed by atoms with van der Waals surface area (Å²) < 4.78 is 26.9. The van der Waals surface area contributed by atoms with Crippen LogP contribution in [0.1, 0.15) is 10.4 Å². The molecule has 0 aromatic carbocycles. The van der Waals surface area contributed by atoms with Crippen molar-refractivity contribution < 1.29 is 8.42 Å². The van der Waals surface area contributed by atoms with Crippen molar-refractivity contribution in [2.75, 3.05) is 33.2 Å². The van der Waals surface area contributed by atoms with Gasteiger partial charge in [-0.2, -0.15) is 4.31 Å². The van der Waals surface area contributed by atoms with E-state index in [1.54, 1.807) is 10.4 Å². The first-order chi connectivity index (χ1) is 8.45. The zero-order chi connectivity index (χ0) is 13.3. The molecule has 0 amide bonds. The Kier molecular flexibility index (Phi) is 4.33. The predicted octanol–water partition coefficient (Wildman–Crippen LogP) is 1.73. The number of sulfonamides is 1. The van der Waals surface area contributed by atoms with Gasteiger partial charge in [-0.05, 0) is 25.6 Å². The SMILES string of the molecule is Cc1cc(S(=O)(=O)N2CCN(C)CC2)sc1CCl. The lowest BCUT2D eigenvalue weighted by molar-refractivity contribution is 0.222. The standard InChI is InChI=1S/C11H17ClN2O2S2/c1-9-7-11(17-10(9)8-12)18(15,16)14-5-3-13(2)4-6-14/h7H,3-6,8H2,1-2H3. The lowest BCUT2D eigenvalue weighted by Crippen LogP contribution is -2.46. The van der Waals surface area contributed by atoms with Gasteiger partial charge in [0.1, 0.15) is 4.21 Å². The first kappa shape index (κ1) is 14.3. The van der Waals surface area contributed by atoms with Gasteiger partial charge in [-0.25, -0.2) is 8.42 Å². The van der Waals surface area contributed by atoms with E-state index in [1.807, 2.05) is 14.0 Å². The summed E-state index contributed by atoms with van der Waals surface area (Å²) in [5, 5.41) is 0. The van der Waals surface area contributed by atoms with E-state index in [-0.39, 0.29) is 0 Å². The zero-order valence-electron chi connectivity index (χ0n) is 10.5. The predicted molar refractivity (Wildman–Crippen MR) is 74.9 cm³/mol. The number of likely N-dealkylation sites (N-methyl/N-ethyl adjacent to an activating group) is 1. The van der Waals surface area contributed by atoms with Crippen LogP contribution in [0.25, 0.3) is 0 Å².